The average molecular weight is 1020 g/mol. The van der Waals surface area contributed by atoms with Crippen molar-refractivity contribution in [3.05, 3.63) is 117 Å². The number of benzene rings is 4. The molecular weight excluding hydrogens is 967 g/mol. The topological polar surface area (TPSA) is 430 Å². The molecule has 0 saturated carbocycles. The molecule has 4 aliphatic rings. The molecule has 30 heteroatoms. The molecule has 8 rings (SSSR count). The van der Waals surface area contributed by atoms with Gasteiger partial charge in [-0.05, 0) is 76.2 Å². The van der Waals surface area contributed by atoms with Gasteiger partial charge in [0.05, 0.1) is 24.5 Å². The largest absolute Gasteiger partial charge is 0.756 e. The second kappa shape index (κ2) is 25.3. The molecule has 0 spiro atoms. The molecule has 366 valence electrons. The summed E-state index contributed by atoms with van der Waals surface area (Å²) in [7, 11) is -22.7. The first kappa shape index (κ1) is 59.9. The summed E-state index contributed by atoms with van der Waals surface area (Å²) in [5.74, 6) is 0. The van der Waals surface area contributed by atoms with Crippen molar-refractivity contribution in [2.75, 3.05) is 30.2 Å². The Balaban J connectivity index is 0.000000424. The predicted molar refractivity (Wildman–Crippen MR) is 230 cm³/mol. The van der Waals surface area contributed by atoms with Gasteiger partial charge in [0.1, 0.15) is 24.5 Å². The third-order valence-corrected chi connectivity index (χ3v) is 8.73. The van der Waals surface area contributed by atoms with E-state index in [1.807, 2.05) is 0 Å². The number of nitrogens with zero attached hydrogens (tertiary/aromatic N) is 2. The minimum Gasteiger partial charge on any atom is -0.756 e. The van der Waals surface area contributed by atoms with Gasteiger partial charge in [0.25, 0.3) is 15.6 Å². The number of aliphatic hydroxyl groups excluding tert-OH is 1. The number of rotatable bonds is 0. The van der Waals surface area contributed by atoms with Crippen molar-refractivity contribution in [1.82, 2.24) is 0 Å². The second-order valence-corrected chi connectivity index (χ2v) is 19.4. The first-order chi connectivity index (χ1) is 29.4. The SMILES string of the molecule is CO.Cc1ccc2c(c1)C[NH+]1CN2Cc2cc(C)ccc21.Cc1ccc2c(c1)C[NH+]1CN2Cc2cc(C)ccc21.O=P(O)(O)O.O=P(O)(O)O.O=P(O)(O)O.O=P([O-])(O)O.O=P([O-])(O)O. The third-order valence-electron chi connectivity index (χ3n) is 8.73. The van der Waals surface area contributed by atoms with Gasteiger partial charge in [-0.2, -0.15) is 0 Å². The van der Waals surface area contributed by atoms with Crippen LogP contribution >= 0.6 is 39.1 Å². The van der Waals surface area contributed by atoms with Crippen molar-refractivity contribution >= 4 is 61.9 Å². The average Bonchev–Trinajstić information content (AvgIpc) is 3.09. The number of hydrogen-bond acceptors (Lipinski definition) is 10. The molecule has 16 N–H and O–H groups in total. The predicted octanol–water partition coefficient (Wildman–Crippen LogP) is -1.68. The number of anilines is 2. The molecule has 4 aromatic carbocycles. The lowest BCUT2D eigenvalue weighted by molar-refractivity contribution is -0.851. The van der Waals surface area contributed by atoms with E-state index in [1.54, 1.807) is 9.80 Å². The van der Waals surface area contributed by atoms with Crippen LogP contribution in [0.25, 0.3) is 0 Å². The summed E-state index contributed by atoms with van der Waals surface area (Å²) in [5.41, 5.74) is 17.3. The Bertz CT molecular complexity index is 2050. The van der Waals surface area contributed by atoms with Crippen LogP contribution in [0.5, 0.6) is 0 Å². The van der Waals surface area contributed by atoms with Crippen LogP contribution in [0.2, 0.25) is 0 Å². The number of phosphoric acid groups is 5. The molecule has 25 nitrogen and oxygen atoms in total. The van der Waals surface area contributed by atoms with Gasteiger partial charge in [-0.25, -0.2) is 13.7 Å². The fraction of sp³-hybridized carbons (Fsp3) is 0.314. The van der Waals surface area contributed by atoms with Crippen LogP contribution in [0.1, 0.15) is 44.5 Å². The summed E-state index contributed by atoms with van der Waals surface area (Å²) in [4.78, 5) is 119. The molecule has 4 aromatic rings. The van der Waals surface area contributed by atoms with Gasteiger partial charge in [-0.1, -0.05) is 46.5 Å². The lowest BCUT2D eigenvalue weighted by Gasteiger charge is -2.40. The highest BCUT2D eigenvalue weighted by molar-refractivity contribution is 7.45. The first-order valence-electron chi connectivity index (χ1n) is 18.3. The maximum absolute atomic E-state index is 8.88. The zero-order valence-electron chi connectivity index (χ0n) is 35.4. The number of aryl methyl sites for hydroxylation is 4. The Morgan fingerprint density at radius 2 is 0.646 bits per heavy atom. The molecular formula is C35H55N4O21P5. The van der Waals surface area contributed by atoms with E-state index in [2.05, 4.69) is 110 Å². The van der Waals surface area contributed by atoms with E-state index in [4.69, 9.17) is 101 Å². The summed E-state index contributed by atoms with van der Waals surface area (Å²) in [5, 5.41) is 7.00. The normalized spacial score (nSPS) is 16.3. The zero-order valence-corrected chi connectivity index (χ0v) is 39.9. The smallest absolute Gasteiger partial charge is 0.466 e. The van der Waals surface area contributed by atoms with Gasteiger partial charge in [-0.15, -0.1) is 0 Å². The molecule has 4 heterocycles. The molecule has 4 bridgehead atoms. The molecule has 0 saturated heterocycles. The van der Waals surface area contributed by atoms with Crippen LogP contribution in [0.4, 0.5) is 22.7 Å². The highest BCUT2D eigenvalue weighted by atomic mass is 31.2. The van der Waals surface area contributed by atoms with Gasteiger partial charge in [0.2, 0.25) is 0 Å². The van der Waals surface area contributed by atoms with Crippen molar-refractivity contribution in [2.45, 2.75) is 53.9 Å². The van der Waals surface area contributed by atoms with E-state index in [0.717, 1.165) is 46.6 Å². The molecule has 2 atom stereocenters. The molecule has 2 unspecified atom stereocenters. The summed E-state index contributed by atoms with van der Waals surface area (Å²) in [6.07, 6.45) is 0. The summed E-state index contributed by atoms with van der Waals surface area (Å²) >= 11 is 0. The van der Waals surface area contributed by atoms with E-state index in [9.17, 15) is 0 Å². The zero-order chi connectivity index (χ0) is 50.5. The van der Waals surface area contributed by atoms with Crippen LogP contribution in [0.15, 0.2) is 72.8 Å². The summed E-state index contributed by atoms with van der Waals surface area (Å²) in [6, 6.07) is 27.6. The number of hydrogen-bond donors (Lipinski definition) is 16. The minimum atomic E-state index is -4.89. The Labute approximate surface area is 373 Å². The third kappa shape index (κ3) is 26.7. The highest BCUT2D eigenvalue weighted by Crippen LogP contribution is 2.32. The van der Waals surface area contributed by atoms with Gasteiger partial charge in [0.15, 0.2) is 13.3 Å². The second-order valence-electron chi connectivity index (χ2n) is 14.4. The van der Waals surface area contributed by atoms with Crippen molar-refractivity contribution in [2.24, 2.45) is 0 Å². The van der Waals surface area contributed by atoms with Crippen molar-refractivity contribution in [3.8, 4) is 0 Å². The van der Waals surface area contributed by atoms with Gasteiger partial charge < -0.3 is 88.3 Å². The lowest BCUT2D eigenvalue weighted by Crippen LogP contribution is -3.10. The fourth-order valence-electron chi connectivity index (χ4n) is 6.98. The maximum atomic E-state index is 8.88. The number of nitrogens with one attached hydrogen (secondary N) is 2. The van der Waals surface area contributed by atoms with Gasteiger partial charge in [-0.3, -0.25) is 18.9 Å². The number of fused-ring (bicyclic) bond motifs is 12. The monoisotopic (exact) mass is 1020 g/mol. The standard InChI is InChI=1S/2C17H18N2.CH4O.5H3O4P/c2*1-12-3-5-16-14(7-12)9-18-11-19(16)10-15-8-13(2)4-6-17(15)18;1-2;5*1-5(2,3)4/h2*3-8H,9-11H2,1-2H3;2H,1H3;5*(H3,1,2,3,4). The Morgan fingerprint density at radius 1 is 0.431 bits per heavy atom. The van der Waals surface area contributed by atoms with Gasteiger partial charge in [0, 0.05) is 29.4 Å². The molecule has 4 aliphatic heterocycles. The van der Waals surface area contributed by atoms with Crippen LogP contribution in [-0.4, -0.2) is 89.2 Å². The molecule has 0 aliphatic carbocycles. The summed E-state index contributed by atoms with van der Waals surface area (Å²) in [6.45, 7) is 15.3. The van der Waals surface area contributed by atoms with E-state index < -0.39 is 39.1 Å². The summed E-state index contributed by atoms with van der Waals surface area (Å²) < 4.78 is 44.2. The van der Waals surface area contributed by atoms with Crippen LogP contribution in [0.3, 0.4) is 0 Å². The van der Waals surface area contributed by atoms with Crippen molar-refractivity contribution < 1.29 is 111 Å². The Morgan fingerprint density at radius 3 is 0.892 bits per heavy atom. The molecule has 0 amide bonds. The van der Waals surface area contributed by atoms with E-state index in [-0.39, 0.29) is 0 Å². The highest BCUT2D eigenvalue weighted by Gasteiger charge is 2.34. The molecule has 0 aromatic heterocycles. The van der Waals surface area contributed by atoms with E-state index in [0.29, 0.717) is 0 Å². The fourth-order valence-corrected chi connectivity index (χ4v) is 6.98. The Hall–Kier alpha value is -3.09. The minimum absolute atomic E-state index is 1.00. The van der Waals surface area contributed by atoms with Crippen LogP contribution in [0, 0.1) is 27.7 Å². The first-order valence-corrected chi connectivity index (χ1v) is 26.1. The van der Waals surface area contributed by atoms with Crippen molar-refractivity contribution in [3.63, 3.8) is 0 Å². The molecule has 0 radical (unpaired) electrons. The van der Waals surface area contributed by atoms with Crippen LogP contribution < -0.4 is 29.4 Å². The molecule has 0 fully saturated rings. The van der Waals surface area contributed by atoms with Gasteiger partial charge >= 0.3 is 23.5 Å². The van der Waals surface area contributed by atoms with Crippen LogP contribution in [-0.2, 0) is 49.0 Å². The van der Waals surface area contributed by atoms with E-state index in [1.165, 1.54) is 67.3 Å². The van der Waals surface area contributed by atoms with Crippen molar-refractivity contribution in [1.29, 1.82) is 0 Å². The quantitative estimate of drug-likeness (QED) is 0.0875. The number of aliphatic hydroxyl groups is 1. The Kier molecular flexibility index (Phi) is 23.3. The van der Waals surface area contributed by atoms with E-state index >= 15 is 0 Å². The maximum Gasteiger partial charge on any atom is 0.466 e. The number of quaternary nitrogens is 2. The molecule has 65 heavy (non-hydrogen) atoms. The lowest BCUT2D eigenvalue weighted by atomic mass is 9.99.